The smallest absolute Gasteiger partial charge is 0.144 e. The molecule has 1 heterocycles. The minimum atomic E-state index is -4.27. The number of ketones is 1. The third kappa shape index (κ3) is 5.81. The standard InChI is InChI=1S/C7H14NO.C7H8O3S/c1-8(2)5-3-7(9)4-6-8;1-6-2-4-7(5-3-6)11(8,9)10/h3-6H2,1-2H3;2-5H,1H3,(H,8,9,10)/q+1;/p-1. The molecule has 20 heavy (non-hydrogen) atoms. The summed E-state index contributed by atoms with van der Waals surface area (Å²) >= 11 is 0. The largest absolute Gasteiger partial charge is 0.744 e. The fraction of sp³-hybridized carbons (Fsp3) is 0.500. The monoisotopic (exact) mass is 299 g/mol. The van der Waals surface area contributed by atoms with Crippen molar-refractivity contribution in [2.75, 3.05) is 27.2 Å². The van der Waals surface area contributed by atoms with Crippen LogP contribution in [0.5, 0.6) is 0 Å². The first-order chi connectivity index (χ1) is 9.10. The molecule has 0 aliphatic carbocycles. The van der Waals surface area contributed by atoms with Crippen LogP contribution in [0.25, 0.3) is 0 Å². The lowest BCUT2D eigenvalue weighted by molar-refractivity contribution is -0.891. The average Bonchev–Trinajstić information content (AvgIpc) is 2.33. The maximum atomic E-state index is 10.7. The van der Waals surface area contributed by atoms with Gasteiger partial charge in [0.25, 0.3) is 0 Å². The van der Waals surface area contributed by atoms with Crippen LogP contribution in [-0.4, -0.2) is 50.4 Å². The van der Waals surface area contributed by atoms with Gasteiger partial charge in [0.15, 0.2) is 0 Å². The Hall–Kier alpha value is -1.24. The quantitative estimate of drug-likeness (QED) is 0.579. The molecule has 6 heteroatoms. The Bertz CT molecular complexity index is 549. The molecule has 2 rings (SSSR count). The number of benzene rings is 1. The van der Waals surface area contributed by atoms with E-state index in [1.54, 1.807) is 12.1 Å². The van der Waals surface area contributed by atoms with Crippen molar-refractivity contribution in [2.45, 2.75) is 24.7 Å². The molecular weight excluding hydrogens is 278 g/mol. The number of piperidine rings is 1. The molecule has 0 radical (unpaired) electrons. The van der Waals surface area contributed by atoms with E-state index in [1.165, 1.54) is 12.1 Å². The summed E-state index contributed by atoms with van der Waals surface area (Å²) in [6.07, 6.45) is 1.57. The van der Waals surface area contributed by atoms with Crippen molar-refractivity contribution in [3.05, 3.63) is 29.8 Å². The van der Waals surface area contributed by atoms with Crippen LogP contribution in [0.2, 0.25) is 0 Å². The van der Waals surface area contributed by atoms with E-state index in [0.29, 0.717) is 5.78 Å². The Balaban J connectivity index is 0.000000204. The lowest BCUT2D eigenvalue weighted by Crippen LogP contribution is -2.46. The molecule has 1 fully saturated rings. The highest BCUT2D eigenvalue weighted by atomic mass is 32.2. The highest BCUT2D eigenvalue weighted by Crippen LogP contribution is 2.09. The van der Waals surface area contributed by atoms with Crippen LogP contribution < -0.4 is 0 Å². The zero-order valence-corrected chi connectivity index (χ0v) is 12.9. The molecule has 0 bridgehead atoms. The Morgan fingerprint density at radius 2 is 1.50 bits per heavy atom. The summed E-state index contributed by atoms with van der Waals surface area (Å²) in [5.74, 6) is 0.437. The van der Waals surface area contributed by atoms with Gasteiger partial charge in [-0.25, -0.2) is 8.42 Å². The lowest BCUT2D eigenvalue weighted by Gasteiger charge is -2.32. The number of quaternary nitrogens is 1. The first-order valence-electron chi connectivity index (χ1n) is 6.46. The molecule has 0 N–H and O–H groups in total. The van der Waals surface area contributed by atoms with Gasteiger partial charge in [-0.1, -0.05) is 17.7 Å². The first-order valence-corrected chi connectivity index (χ1v) is 7.87. The van der Waals surface area contributed by atoms with E-state index in [4.69, 9.17) is 0 Å². The van der Waals surface area contributed by atoms with E-state index in [2.05, 4.69) is 14.1 Å². The number of hydrogen-bond donors (Lipinski definition) is 0. The molecular formula is C14H21NO4S. The maximum Gasteiger partial charge on any atom is 0.144 e. The van der Waals surface area contributed by atoms with E-state index >= 15 is 0 Å². The highest BCUT2D eigenvalue weighted by molar-refractivity contribution is 7.85. The first kappa shape index (κ1) is 16.8. The number of aryl methyl sites for hydroxylation is 1. The van der Waals surface area contributed by atoms with Gasteiger partial charge < -0.3 is 9.04 Å². The predicted octanol–water partition coefficient (Wildman–Crippen LogP) is 1.32. The predicted molar refractivity (Wildman–Crippen MR) is 75.2 cm³/mol. The second-order valence-electron chi connectivity index (χ2n) is 5.69. The van der Waals surface area contributed by atoms with E-state index in [1.807, 2.05) is 6.92 Å². The number of carbonyl (C=O) groups is 1. The summed E-state index contributed by atoms with van der Waals surface area (Å²) in [7, 11) is 0.0765. The Kier molecular flexibility index (Phi) is 5.44. The number of likely N-dealkylation sites (tertiary alicyclic amines) is 1. The van der Waals surface area contributed by atoms with Crippen molar-refractivity contribution in [2.24, 2.45) is 0 Å². The molecule has 0 saturated carbocycles. The van der Waals surface area contributed by atoms with Crippen molar-refractivity contribution < 1.29 is 22.2 Å². The van der Waals surface area contributed by atoms with E-state index in [0.717, 1.165) is 36.0 Å². The minimum Gasteiger partial charge on any atom is -0.744 e. The fourth-order valence-electron chi connectivity index (χ4n) is 1.80. The Labute approximate surface area is 120 Å². The van der Waals surface area contributed by atoms with Gasteiger partial charge in [-0.15, -0.1) is 0 Å². The zero-order valence-electron chi connectivity index (χ0n) is 12.1. The van der Waals surface area contributed by atoms with Gasteiger partial charge in [0, 0.05) is 0 Å². The fourth-order valence-corrected chi connectivity index (χ4v) is 2.27. The van der Waals surface area contributed by atoms with Crippen LogP contribution in [-0.2, 0) is 14.9 Å². The number of Topliss-reactive ketones (excluding diaryl/α,β-unsaturated/α-hetero) is 1. The topological polar surface area (TPSA) is 74.3 Å². The molecule has 5 nitrogen and oxygen atoms in total. The van der Waals surface area contributed by atoms with Gasteiger partial charge in [0.1, 0.15) is 15.9 Å². The number of nitrogens with zero attached hydrogens (tertiary/aromatic N) is 1. The van der Waals surface area contributed by atoms with Crippen LogP contribution in [0.1, 0.15) is 18.4 Å². The summed E-state index contributed by atoms with van der Waals surface area (Å²) in [5, 5.41) is 0. The second-order valence-corrected chi connectivity index (χ2v) is 7.07. The molecule has 1 aromatic carbocycles. The molecule has 0 atom stereocenters. The summed E-state index contributed by atoms with van der Waals surface area (Å²) in [5.41, 5.74) is 0.928. The van der Waals surface area contributed by atoms with Crippen LogP contribution in [0.4, 0.5) is 0 Å². The van der Waals surface area contributed by atoms with Gasteiger partial charge in [-0.3, -0.25) is 4.79 Å². The van der Waals surface area contributed by atoms with E-state index in [-0.39, 0.29) is 4.90 Å². The minimum absolute atomic E-state index is 0.178. The Morgan fingerprint density at radius 3 is 1.85 bits per heavy atom. The average molecular weight is 299 g/mol. The van der Waals surface area contributed by atoms with Crippen molar-refractivity contribution in [3.63, 3.8) is 0 Å². The molecule has 0 aromatic heterocycles. The maximum absolute atomic E-state index is 10.7. The molecule has 112 valence electrons. The van der Waals surface area contributed by atoms with Gasteiger partial charge >= 0.3 is 0 Å². The highest BCUT2D eigenvalue weighted by Gasteiger charge is 2.23. The van der Waals surface area contributed by atoms with Crippen LogP contribution in [0, 0.1) is 6.92 Å². The van der Waals surface area contributed by atoms with Crippen molar-refractivity contribution in [1.29, 1.82) is 0 Å². The van der Waals surface area contributed by atoms with Gasteiger partial charge in [0.2, 0.25) is 0 Å². The van der Waals surface area contributed by atoms with Gasteiger partial charge in [-0.2, -0.15) is 0 Å². The summed E-state index contributed by atoms with van der Waals surface area (Å²) in [6.45, 7) is 3.87. The summed E-state index contributed by atoms with van der Waals surface area (Å²) in [4.78, 5) is 10.6. The van der Waals surface area contributed by atoms with Crippen LogP contribution in [0.3, 0.4) is 0 Å². The van der Waals surface area contributed by atoms with E-state index < -0.39 is 10.1 Å². The SMILES string of the molecule is C[N+]1(C)CCC(=O)CC1.Cc1ccc(S(=O)(=O)[O-])cc1. The molecule has 0 unspecified atom stereocenters. The number of rotatable bonds is 1. The van der Waals surface area contributed by atoms with Crippen molar-refractivity contribution in [3.8, 4) is 0 Å². The van der Waals surface area contributed by atoms with Crippen molar-refractivity contribution >= 4 is 15.9 Å². The molecule has 1 aromatic rings. The van der Waals surface area contributed by atoms with E-state index in [9.17, 15) is 17.8 Å². The third-order valence-corrected chi connectivity index (χ3v) is 4.15. The molecule has 1 aliphatic heterocycles. The zero-order chi connectivity index (χ0) is 15.4. The molecule has 0 amide bonds. The van der Waals surface area contributed by atoms with Crippen molar-refractivity contribution in [1.82, 2.24) is 0 Å². The van der Waals surface area contributed by atoms with Crippen LogP contribution >= 0.6 is 0 Å². The van der Waals surface area contributed by atoms with Gasteiger partial charge in [-0.05, 0) is 19.1 Å². The number of carbonyl (C=O) groups excluding carboxylic acids is 1. The summed E-state index contributed by atoms with van der Waals surface area (Å²) < 4.78 is 32.2. The van der Waals surface area contributed by atoms with Crippen LogP contribution in [0.15, 0.2) is 29.2 Å². The molecule has 1 aliphatic rings. The normalized spacial score (nSPS) is 18.1. The summed E-state index contributed by atoms with van der Waals surface area (Å²) in [6, 6.07) is 5.78. The molecule has 1 saturated heterocycles. The van der Waals surface area contributed by atoms with Gasteiger partial charge in [0.05, 0.1) is 44.9 Å². The molecule has 0 spiro atoms. The number of hydrogen-bond acceptors (Lipinski definition) is 4. The second kappa shape index (κ2) is 6.47. The lowest BCUT2D eigenvalue weighted by atomic mass is 10.1. The Morgan fingerprint density at radius 1 is 1.05 bits per heavy atom. The third-order valence-electron chi connectivity index (χ3n) is 3.30.